The minimum Gasteiger partial charge on any atom is -0.478 e. The highest BCUT2D eigenvalue weighted by Gasteiger charge is 2.23. The number of aromatic carboxylic acids is 2. The minimum atomic E-state index is -1.40. The van der Waals surface area contributed by atoms with E-state index in [0.717, 1.165) is 0 Å². The summed E-state index contributed by atoms with van der Waals surface area (Å²) in [6, 6.07) is 6.35. The molecular weight excluding hydrogens is 224 g/mol. The van der Waals surface area contributed by atoms with Gasteiger partial charge in [-0.3, -0.25) is 0 Å². The Kier molecular flexibility index (Phi) is 2.40. The fraction of sp³-hybridized carbons (Fsp3) is 0. The van der Waals surface area contributed by atoms with Gasteiger partial charge in [0.1, 0.15) is 11.4 Å². The third-order valence-corrected chi connectivity index (χ3v) is 2.35. The number of para-hydroxylation sites is 1. The zero-order valence-electron chi connectivity index (χ0n) is 8.54. The van der Waals surface area contributed by atoms with Crippen LogP contribution in [-0.2, 0) is 0 Å². The number of fused-ring (bicyclic) bond motifs is 1. The van der Waals surface area contributed by atoms with Crippen LogP contribution < -0.4 is 5.73 Å². The molecule has 0 atom stereocenters. The number of pyridine rings is 1. The van der Waals surface area contributed by atoms with Crippen molar-refractivity contribution in [3.8, 4) is 0 Å². The van der Waals surface area contributed by atoms with E-state index in [1.807, 2.05) is 0 Å². The number of hydrogen-bond acceptors (Lipinski definition) is 4. The second kappa shape index (κ2) is 3.75. The summed E-state index contributed by atoms with van der Waals surface area (Å²) in [6.45, 7) is 0. The average Bonchev–Trinajstić information content (AvgIpc) is 2.26. The predicted molar refractivity (Wildman–Crippen MR) is 60.1 cm³/mol. The van der Waals surface area contributed by atoms with Crippen molar-refractivity contribution in [1.29, 1.82) is 0 Å². The third-order valence-electron chi connectivity index (χ3n) is 2.35. The molecule has 0 aliphatic carbocycles. The van der Waals surface area contributed by atoms with E-state index < -0.39 is 17.5 Å². The molecule has 0 aliphatic heterocycles. The van der Waals surface area contributed by atoms with E-state index in [1.165, 1.54) is 6.07 Å². The number of carbonyl (C=O) groups is 2. The van der Waals surface area contributed by atoms with Crippen LogP contribution in [-0.4, -0.2) is 27.1 Å². The Balaban J connectivity index is 2.99. The molecule has 6 nitrogen and oxygen atoms in total. The SMILES string of the molecule is Nc1nc2ccccc2c(C(=O)O)c1C(=O)O. The molecule has 6 heteroatoms. The van der Waals surface area contributed by atoms with E-state index in [0.29, 0.717) is 5.52 Å². The molecule has 0 fully saturated rings. The van der Waals surface area contributed by atoms with Crippen molar-refractivity contribution in [2.75, 3.05) is 5.73 Å². The Bertz CT molecular complexity index is 637. The fourth-order valence-corrected chi connectivity index (χ4v) is 1.67. The van der Waals surface area contributed by atoms with Crippen molar-refractivity contribution < 1.29 is 19.8 Å². The minimum absolute atomic E-state index is 0.256. The number of aromatic nitrogens is 1. The van der Waals surface area contributed by atoms with Crippen molar-refractivity contribution in [3.05, 3.63) is 35.4 Å². The molecule has 17 heavy (non-hydrogen) atoms. The maximum atomic E-state index is 11.1. The van der Waals surface area contributed by atoms with Crippen molar-refractivity contribution in [3.63, 3.8) is 0 Å². The van der Waals surface area contributed by atoms with E-state index in [2.05, 4.69) is 4.98 Å². The fourth-order valence-electron chi connectivity index (χ4n) is 1.67. The Morgan fingerprint density at radius 2 is 1.65 bits per heavy atom. The van der Waals surface area contributed by atoms with Crippen molar-refractivity contribution in [2.24, 2.45) is 0 Å². The van der Waals surface area contributed by atoms with Crippen LogP contribution in [0.2, 0.25) is 0 Å². The van der Waals surface area contributed by atoms with Crippen LogP contribution >= 0.6 is 0 Å². The number of nitrogens with zero attached hydrogens (tertiary/aromatic N) is 1. The van der Waals surface area contributed by atoms with Crippen LogP contribution in [0.15, 0.2) is 24.3 Å². The maximum absolute atomic E-state index is 11.1. The lowest BCUT2D eigenvalue weighted by atomic mass is 10.0. The zero-order valence-corrected chi connectivity index (χ0v) is 8.54. The predicted octanol–water partition coefficient (Wildman–Crippen LogP) is 1.21. The smallest absolute Gasteiger partial charge is 0.340 e. The summed E-state index contributed by atoms with van der Waals surface area (Å²) < 4.78 is 0. The molecule has 0 aliphatic rings. The second-order valence-electron chi connectivity index (χ2n) is 3.37. The summed E-state index contributed by atoms with van der Waals surface area (Å²) in [6.07, 6.45) is 0. The Morgan fingerprint density at radius 1 is 1.06 bits per heavy atom. The van der Waals surface area contributed by atoms with Gasteiger partial charge in [0.2, 0.25) is 0 Å². The lowest BCUT2D eigenvalue weighted by Gasteiger charge is -2.08. The highest BCUT2D eigenvalue weighted by Crippen LogP contribution is 2.25. The lowest BCUT2D eigenvalue weighted by Crippen LogP contribution is -2.13. The monoisotopic (exact) mass is 232 g/mol. The quantitative estimate of drug-likeness (QED) is 0.717. The summed E-state index contributed by atoms with van der Waals surface area (Å²) in [7, 11) is 0. The van der Waals surface area contributed by atoms with Gasteiger partial charge >= 0.3 is 11.9 Å². The zero-order chi connectivity index (χ0) is 12.6. The van der Waals surface area contributed by atoms with Gasteiger partial charge in [-0.05, 0) is 6.07 Å². The van der Waals surface area contributed by atoms with Gasteiger partial charge in [-0.2, -0.15) is 0 Å². The average molecular weight is 232 g/mol. The highest BCUT2D eigenvalue weighted by atomic mass is 16.4. The molecule has 0 saturated heterocycles. The van der Waals surface area contributed by atoms with Gasteiger partial charge in [0.05, 0.1) is 11.1 Å². The van der Waals surface area contributed by atoms with Gasteiger partial charge in [0.25, 0.3) is 0 Å². The number of carboxylic acid groups (broad SMARTS) is 2. The summed E-state index contributed by atoms with van der Waals surface area (Å²) in [5, 5.41) is 18.3. The lowest BCUT2D eigenvalue weighted by molar-refractivity contribution is 0.0653. The Labute approximate surface area is 95.3 Å². The summed E-state index contributed by atoms with van der Waals surface area (Å²) in [5.74, 6) is -3.04. The Morgan fingerprint density at radius 3 is 2.24 bits per heavy atom. The topological polar surface area (TPSA) is 114 Å². The highest BCUT2D eigenvalue weighted by molar-refractivity contribution is 6.13. The maximum Gasteiger partial charge on any atom is 0.340 e. The van der Waals surface area contributed by atoms with Crippen molar-refractivity contribution in [1.82, 2.24) is 4.98 Å². The number of hydrogen-bond donors (Lipinski definition) is 3. The molecule has 2 aromatic rings. The third kappa shape index (κ3) is 1.65. The normalized spacial score (nSPS) is 10.4. The largest absolute Gasteiger partial charge is 0.478 e. The molecule has 4 N–H and O–H groups in total. The summed E-state index contributed by atoms with van der Waals surface area (Å²) in [5.41, 5.74) is 5.02. The molecule has 1 aromatic carbocycles. The first kappa shape index (κ1) is 10.9. The van der Waals surface area contributed by atoms with Crippen molar-refractivity contribution >= 4 is 28.7 Å². The number of rotatable bonds is 2. The van der Waals surface area contributed by atoms with E-state index >= 15 is 0 Å². The Hall–Kier alpha value is -2.63. The van der Waals surface area contributed by atoms with Gasteiger partial charge in [-0.1, -0.05) is 18.2 Å². The molecule has 0 bridgehead atoms. The first-order valence-corrected chi connectivity index (χ1v) is 4.67. The standard InChI is InChI=1S/C11H8N2O4/c12-9-8(11(16)17)7(10(14)15)5-3-1-2-4-6(5)13-9/h1-4H,(H2,12,13)(H,14,15)(H,16,17). The summed E-state index contributed by atoms with van der Waals surface area (Å²) >= 11 is 0. The van der Waals surface area contributed by atoms with Gasteiger partial charge < -0.3 is 15.9 Å². The van der Waals surface area contributed by atoms with Crippen LogP contribution in [0.1, 0.15) is 20.7 Å². The van der Waals surface area contributed by atoms with E-state index in [9.17, 15) is 9.59 Å². The number of carboxylic acids is 2. The molecule has 1 heterocycles. The van der Waals surface area contributed by atoms with Gasteiger partial charge in [0, 0.05) is 5.39 Å². The van der Waals surface area contributed by atoms with Crippen LogP contribution in [0.4, 0.5) is 5.82 Å². The molecule has 0 spiro atoms. The van der Waals surface area contributed by atoms with E-state index in [1.54, 1.807) is 18.2 Å². The van der Waals surface area contributed by atoms with Gasteiger partial charge in [-0.15, -0.1) is 0 Å². The van der Waals surface area contributed by atoms with Crippen LogP contribution in [0, 0.1) is 0 Å². The van der Waals surface area contributed by atoms with E-state index in [-0.39, 0.29) is 16.8 Å². The van der Waals surface area contributed by atoms with Gasteiger partial charge in [0.15, 0.2) is 0 Å². The molecule has 2 rings (SSSR count). The van der Waals surface area contributed by atoms with E-state index in [4.69, 9.17) is 15.9 Å². The van der Waals surface area contributed by atoms with Crippen molar-refractivity contribution in [2.45, 2.75) is 0 Å². The second-order valence-corrected chi connectivity index (χ2v) is 3.37. The molecule has 0 amide bonds. The van der Waals surface area contributed by atoms with Crippen LogP contribution in [0.25, 0.3) is 10.9 Å². The van der Waals surface area contributed by atoms with Gasteiger partial charge in [-0.25, -0.2) is 14.6 Å². The summed E-state index contributed by atoms with van der Waals surface area (Å²) in [4.78, 5) is 26.0. The van der Waals surface area contributed by atoms with Crippen LogP contribution in [0.3, 0.4) is 0 Å². The number of nitrogens with two attached hydrogens (primary N) is 1. The first-order valence-electron chi connectivity index (χ1n) is 4.67. The molecule has 0 radical (unpaired) electrons. The number of nitrogen functional groups attached to an aromatic ring is 1. The first-order chi connectivity index (χ1) is 8.02. The molecule has 1 aromatic heterocycles. The number of anilines is 1. The molecular formula is C11H8N2O4. The van der Waals surface area contributed by atoms with Crippen LogP contribution in [0.5, 0.6) is 0 Å². The number of benzene rings is 1. The molecule has 86 valence electrons. The molecule has 0 saturated carbocycles. The molecule has 0 unspecified atom stereocenters.